The number of benzene rings is 1. The van der Waals surface area contributed by atoms with Crippen LogP contribution in [0, 0.1) is 11.3 Å². The summed E-state index contributed by atoms with van der Waals surface area (Å²) < 4.78 is 0. The number of thiazole rings is 1. The number of nitrogens with zero attached hydrogens (tertiary/aromatic N) is 2. The number of hydrogen-bond donors (Lipinski definition) is 2. The average molecular weight is 382 g/mol. The van der Waals surface area contributed by atoms with Gasteiger partial charge in [-0.2, -0.15) is 5.26 Å². The van der Waals surface area contributed by atoms with Crippen molar-refractivity contribution in [3.8, 4) is 16.6 Å². The van der Waals surface area contributed by atoms with Gasteiger partial charge in [0, 0.05) is 22.7 Å². The van der Waals surface area contributed by atoms with Crippen LogP contribution in [0.5, 0.6) is 0 Å². The molecule has 0 saturated heterocycles. The van der Waals surface area contributed by atoms with E-state index in [9.17, 15) is 9.59 Å². The van der Waals surface area contributed by atoms with Crippen LogP contribution < -0.4 is 10.6 Å². The monoisotopic (exact) mass is 382 g/mol. The summed E-state index contributed by atoms with van der Waals surface area (Å²) in [6, 6.07) is 12.4. The predicted molar refractivity (Wildman–Crippen MR) is 102 cm³/mol. The Morgan fingerprint density at radius 3 is 2.88 bits per heavy atom. The van der Waals surface area contributed by atoms with Gasteiger partial charge >= 0.3 is 0 Å². The maximum atomic E-state index is 12.3. The molecule has 0 atom stereocenters. The van der Waals surface area contributed by atoms with Gasteiger partial charge in [-0.1, -0.05) is 6.07 Å². The number of nitriles is 1. The van der Waals surface area contributed by atoms with Crippen LogP contribution in [0.1, 0.15) is 27.7 Å². The summed E-state index contributed by atoms with van der Waals surface area (Å²) in [5, 5.41) is 16.8. The summed E-state index contributed by atoms with van der Waals surface area (Å²) in [5.74, 6) is -0.375. The van der Waals surface area contributed by atoms with Gasteiger partial charge in [0.2, 0.25) is 5.91 Å². The lowest BCUT2D eigenvalue weighted by Gasteiger charge is -2.01. The van der Waals surface area contributed by atoms with Crippen LogP contribution in [0.3, 0.4) is 0 Å². The molecule has 3 rings (SSSR count). The number of hydrogen-bond acceptors (Lipinski definition) is 6. The zero-order valence-corrected chi connectivity index (χ0v) is 15.4. The van der Waals surface area contributed by atoms with Gasteiger partial charge in [-0.3, -0.25) is 14.9 Å². The summed E-state index contributed by atoms with van der Waals surface area (Å²) in [7, 11) is 0. The molecule has 2 N–H and O–H groups in total. The molecule has 0 aliphatic heterocycles. The van der Waals surface area contributed by atoms with E-state index in [0.717, 1.165) is 15.4 Å². The summed E-state index contributed by atoms with van der Waals surface area (Å²) in [6.45, 7) is 1.97. The van der Waals surface area contributed by atoms with Crippen molar-refractivity contribution in [2.45, 2.75) is 13.5 Å². The van der Waals surface area contributed by atoms with E-state index in [1.54, 1.807) is 29.5 Å². The fourth-order valence-corrected chi connectivity index (χ4v) is 3.85. The first-order valence-electron chi connectivity index (χ1n) is 7.65. The lowest BCUT2D eigenvalue weighted by atomic mass is 10.1. The highest BCUT2D eigenvalue weighted by Crippen LogP contribution is 2.31. The van der Waals surface area contributed by atoms with Crippen molar-refractivity contribution in [2.24, 2.45) is 0 Å². The van der Waals surface area contributed by atoms with E-state index in [1.807, 2.05) is 23.6 Å². The molecule has 0 radical (unpaired) electrons. The van der Waals surface area contributed by atoms with Crippen LogP contribution in [-0.2, 0) is 11.3 Å². The van der Waals surface area contributed by atoms with Crippen LogP contribution in [0.2, 0.25) is 0 Å². The Labute approximate surface area is 158 Å². The van der Waals surface area contributed by atoms with Crippen molar-refractivity contribution >= 4 is 39.6 Å². The molecule has 2 amide bonds. The zero-order chi connectivity index (χ0) is 18.5. The lowest BCUT2D eigenvalue weighted by molar-refractivity contribution is -0.119. The van der Waals surface area contributed by atoms with Gasteiger partial charge in [0.25, 0.3) is 5.91 Å². The molecule has 3 aromatic rings. The molecule has 0 fully saturated rings. The van der Waals surface area contributed by atoms with E-state index in [4.69, 9.17) is 5.26 Å². The Morgan fingerprint density at radius 1 is 1.27 bits per heavy atom. The van der Waals surface area contributed by atoms with Gasteiger partial charge in [-0.15, -0.1) is 22.7 Å². The summed E-state index contributed by atoms with van der Waals surface area (Å²) in [6.07, 6.45) is 0. The van der Waals surface area contributed by atoms with Crippen LogP contribution in [0.15, 0.2) is 41.8 Å². The van der Waals surface area contributed by atoms with E-state index < -0.39 is 0 Å². The Morgan fingerprint density at radius 2 is 2.12 bits per heavy atom. The molecule has 0 bridgehead atoms. The third-order valence-electron chi connectivity index (χ3n) is 3.40. The largest absolute Gasteiger partial charge is 0.351 e. The normalized spacial score (nSPS) is 10.2. The SMILES string of the molecule is CC(=O)NCc1ccc(-c2csc(NC(=O)c3cccc(C#N)c3)n2)s1. The first kappa shape index (κ1) is 17.8. The van der Waals surface area contributed by atoms with E-state index >= 15 is 0 Å². The average Bonchev–Trinajstić information content (AvgIpc) is 3.29. The predicted octanol–water partition coefficient (Wildman–Crippen LogP) is 3.63. The topological polar surface area (TPSA) is 94.9 Å². The van der Waals surface area contributed by atoms with E-state index in [-0.39, 0.29) is 11.8 Å². The number of carbonyl (C=O) groups is 2. The number of rotatable bonds is 5. The lowest BCUT2D eigenvalue weighted by Crippen LogP contribution is -2.17. The minimum Gasteiger partial charge on any atom is -0.351 e. The van der Waals surface area contributed by atoms with Gasteiger partial charge < -0.3 is 5.32 Å². The number of aromatic nitrogens is 1. The van der Waals surface area contributed by atoms with Crippen molar-refractivity contribution in [3.63, 3.8) is 0 Å². The summed E-state index contributed by atoms with van der Waals surface area (Å²) in [4.78, 5) is 29.7. The minimum absolute atomic E-state index is 0.0703. The molecule has 0 aliphatic carbocycles. The fraction of sp³-hybridized carbons (Fsp3) is 0.111. The molecule has 6 nitrogen and oxygen atoms in total. The quantitative estimate of drug-likeness (QED) is 0.704. The van der Waals surface area contributed by atoms with Gasteiger partial charge in [-0.25, -0.2) is 4.98 Å². The van der Waals surface area contributed by atoms with Crippen LogP contribution >= 0.6 is 22.7 Å². The molecule has 26 heavy (non-hydrogen) atoms. The first-order chi connectivity index (χ1) is 12.5. The van der Waals surface area contributed by atoms with Crippen LogP contribution in [0.4, 0.5) is 5.13 Å². The van der Waals surface area contributed by atoms with Crippen molar-refractivity contribution in [3.05, 3.63) is 57.8 Å². The highest BCUT2D eigenvalue weighted by atomic mass is 32.1. The summed E-state index contributed by atoms with van der Waals surface area (Å²) >= 11 is 2.88. The van der Waals surface area contributed by atoms with Crippen molar-refractivity contribution in [1.29, 1.82) is 5.26 Å². The summed E-state index contributed by atoms with van der Waals surface area (Å²) in [5.41, 5.74) is 1.62. The molecule has 0 spiro atoms. The van der Waals surface area contributed by atoms with E-state index in [2.05, 4.69) is 15.6 Å². The second-order valence-corrected chi connectivity index (χ2v) is 7.39. The Balaban J connectivity index is 1.69. The number of anilines is 1. The Kier molecular flexibility index (Phi) is 5.41. The number of carbonyl (C=O) groups excluding carboxylic acids is 2. The minimum atomic E-state index is -0.305. The zero-order valence-electron chi connectivity index (χ0n) is 13.8. The highest BCUT2D eigenvalue weighted by Gasteiger charge is 2.12. The van der Waals surface area contributed by atoms with E-state index in [0.29, 0.717) is 22.8 Å². The molecule has 2 aromatic heterocycles. The molecule has 130 valence electrons. The first-order valence-corrected chi connectivity index (χ1v) is 9.35. The van der Waals surface area contributed by atoms with Gasteiger partial charge in [0.1, 0.15) is 0 Å². The van der Waals surface area contributed by atoms with Crippen molar-refractivity contribution < 1.29 is 9.59 Å². The number of amides is 2. The molecule has 1 aromatic carbocycles. The maximum Gasteiger partial charge on any atom is 0.257 e. The maximum absolute atomic E-state index is 12.3. The second kappa shape index (κ2) is 7.91. The third kappa shape index (κ3) is 4.33. The van der Waals surface area contributed by atoms with Gasteiger partial charge in [0.15, 0.2) is 5.13 Å². The molecular weight excluding hydrogens is 368 g/mol. The molecule has 0 saturated carbocycles. The molecular formula is C18H14N4O2S2. The standard InChI is InChI=1S/C18H14N4O2S2/c1-11(23)20-9-14-5-6-16(26-14)15-10-25-18(21-15)22-17(24)13-4-2-3-12(7-13)8-19/h2-7,10H,9H2,1H3,(H,20,23)(H,21,22,24). The number of nitrogens with one attached hydrogen (secondary N) is 2. The molecule has 0 unspecified atom stereocenters. The van der Waals surface area contributed by atoms with Gasteiger partial charge in [-0.05, 0) is 30.3 Å². The smallest absolute Gasteiger partial charge is 0.257 e. The second-order valence-electron chi connectivity index (χ2n) is 5.36. The molecule has 8 heteroatoms. The molecule has 0 aliphatic rings. The van der Waals surface area contributed by atoms with Crippen LogP contribution in [-0.4, -0.2) is 16.8 Å². The molecule has 2 heterocycles. The van der Waals surface area contributed by atoms with Gasteiger partial charge in [0.05, 0.1) is 28.7 Å². The van der Waals surface area contributed by atoms with Crippen molar-refractivity contribution in [1.82, 2.24) is 10.3 Å². The fourth-order valence-electron chi connectivity index (χ4n) is 2.17. The Hall–Kier alpha value is -3.02. The highest BCUT2D eigenvalue weighted by molar-refractivity contribution is 7.17. The number of thiophene rings is 1. The third-order valence-corrected chi connectivity index (χ3v) is 5.27. The Bertz CT molecular complexity index is 1000. The van der Waals surface area contributed by atoms with Crippen molar-refractivity contribution in [2.75, 3.05) is 5.32 Å². The van der Waals surface area contributed by atoms with Crippen LogP contribution in [0.25, 0.3) is 10.6 Å². The van der Waals surface area contributed by atoms with E-state index in [1.165, 1.54) is 24.3 Å².